The van der Waals surface area contributed by atoms with Gasteiger partial charge in [-0.15, -0.1) is 0 Å². The maximum Gasteiger partial charge on any atom is 0.387 e. The Kier molecular flexibility index (Phi) is 4.92. The van der Waals surface area contributed by atoms with Crippen LogP contribution in [0.3, 0.4) is 0 Å². The molecule has 1 aliphatic heterocycles. The van der Waals surface area contributed by atoms with Crippen LogP contribution in [0.4, 0.5) is 20.2 Å². The summed E-state index contributed by atoms with van der Waals surface area (Å²) in [4.78, 5) is 25.8. The van der Waals surface area contributed by atoms with Crippen molar-refractivity contribution < 1.29 is 23.1 Å². The number of halogens is 2. The van der Waals surface area contributed by atoms with Crippen molar-refractivity contribution in [3.63, 3.8) is 0 Å². The maximum atomic E-state index is 12.3. The number of amides is 2. The summed E-state index contributed by atoms with van der Waals surface area (Å²) in [6, 6.07) is 12.5. The van der Waals surface area contributed by atoms with E-state index in [-0.39, 0.29) is 17.2 Å². The van der Waals surface area contributed by atoms with E-state index in [1.54, 1.807) is 29.2 Å². The first-order valence-electron chi connectivity index (χ1n) is 7.79. The molecule has 130 valence electrons. The minimum absolute atomic E-state index is 0.0559. The highest BCUT2D eigenvalue weighted by atomic mass is 19.3. The van der Waals surface area contributed by atoms with E-state index in [1.165, 1.54) is 24.3 Å². The molecule has 1 saturated heterocycles. The molecule has 7 heteroatoms. The minimum Gasteiger partial charge on any atom is -0.435 e. The first-order valence-corrected chi connectivity index (χ1v) is 7.79. The standard InChI is InChI=1S/C18H16F2N2O3/c19-18(20)25-15-7-1-4-12(10-15)17(24)21-13-5-2-6-14(11-13)22-9-3-8-16(22)23/h1-2,4-7,10-11,18H,3,8-9H2,(H,21,24). The van der Waals surface area contributed by atoms with Gasteiger partial charge in [0.2, 0.25) is 5.91 Å². The van der Waals surface area contributed by atoms with Crippen LogP contribution in [0.1, 0.15) is 23.2 Å². The summed E-state index contributed by atoms with van der Waals surface area (Å²) in [7, 11) is 0. The molecule has 2 aromatic carbocycles. The van der Waals surface area contributed by atoms with Gasteiger partial charge in [-0.2, -0.15) is 8.78 Å². The third-order valence-electron chi connectivity index (χ3n) is 3.81. The van der Waals surface area contributed by atoms with Crippen molar-refractivity contribution in [2.24, 2.45) is 0 Å². The van der Waals surface area contributed by atoms with Crippen molar-refractivity contribution >= 4 is 23.2 Å². The predicted octanol–water partition coefficient (Wildman–Crippen LogP) is 3.67. The van der Waals surface area contributed by atoms with E-state index in [0.29, 0.717) is 18.7 Å². The second kappa shape index (κ2) is 7.29. The van der Waals surface area contributed by atoms with Gasteiger partial charge in [0.25, 0.3) is 5.91 Å². The molecule has 0 aromatic heterocycles. The Morgan fingerprint density at radius 1 is 1.16 bits per heavy atom. The summed E-state index contributed by atoms with van der Waals surface area (Å²) in [6.45, 7) is -2.29. The van der Waals surface area contributed by atoms with Crippen LogP contribution in [0.2, 0.25) is 0 Å². The van der Waals surface area contributed by atoms with Crippen molar-refractivity contribution in [1.29, 1.82) is 0 Å². The Morgan fingerprint density at radius 3 is 2.68 bits per heavy atom. The number of hydrogen-bond acceptors (Lipinski definition) is 3. The lowest BCUT2D eigenvalue weighted by molar-refractivity contribution is -0.117. The van der Waals surface area contributed by atoms with E-state index < -0.39 is 12.5 Å². The van der Waals surface area contributed by atoms with E-state index in [0.717, 1.165) is 12.1 Å². The number of ether oxygens (including phenoxy) is 1. The van der Waals surface area contributed by atoms with Crippen molar-refractivity contribution in [3.8, 4) is 5.75 Å². The molecule has 0 radical (unpaired) electrons. The average Bonchev–Trinajstić information content (AvgIpc) is 3.01. The fourth-order valence-electron chi connectivity index (χ4n) is 2.69. The summed E-state index contributed by atoms with van der Waals surface area (Å²) >= 11 is 0. The van der Waals surface area contributed by atoms with Gasteiger partial charge in [0, 0.05) is 29.9 Å². The van der Waals surface area contributed by atoms with Gasteiger partial charge >= 0.3 is 6.61 Å². The first-order chi connectivity index (χ1) is 12.0. The van der Waals surface area contributed by atoms with E-state index >= 15 is 0 Å². The molecule has 1 aliphatic rings. The molecule has 1 heterocycles. The van der Waals surface area contributed by atoms with Crippen molar-refractivity contribution in [2.75, 3.05) is 16.8 Å². The summed E-state index contributed by atoms with van der Waals surface area (Å²) in [5.74, 6) is -0.482. The van der Waals surface area contributed by atoms with Crippen LogP contribution in [-0.2, 0) is 4.79 Å². The van der Waals surface area contributed by atoms with Gasteiger partial charge < -0.3 is 15.0 Å². The number of alkyl halides is 2. The smallest absolute Gasteiger partial charge is 0.387 e. The molecule has 2 aromatic rings. The van der Waals surface area contributed by atoms with Crippen LogP contribution in [0, 0.1) is 0 Å². The number of rotatable bonds is 5. The molecule has 25 heavy (non-hydrogen) atoms. The number of hydrogen-bond donors (Lipinski definition) is 1. The summed E-state index contributed by atoms with van der Waals surface area (Å²) < 4.78 is 28.8. The van der Waals surface area contributed by atoms with Crippen LogP contribution in [0.5, 0.6) is 5.75 Å². The van der Waals surface area contributed by atoms with Crippen molar-refractivity contribution in [3.05, 3.63) is 54.1 Å². The lowest BCUT2D eigenvalue weighted by Crippen LogP contribution is -2.23. The third kappa shape index (κ3) is 4.12. The maximum absolute atomic E-state index is 12.3. The van der Waals surface area contributed by atoms with Crippen molar-refractivity contribution in [2.45, 2.75) is 19.5 Å². The van der Waals surface area contributed by atoms with Gasteiger partial charge in [0.05, 0.1) is 0 Å². The normalized spacial score (nSPS) is 14.0. The molecule has 1 N–H and O–H groups in total. The molecule has 5 nitrogen and oxygen atoms in total. The zero-order valence-electron chi connectivity index (χ0n) is 13.2. The van der Waals surface area contributed by atoms with E-state index in [4.69, 9.17) is 0 Å². The van der Waals surface area contributed by atoms with Crippen LogP contribution >= 0.6 is 0 Å². The van der Waals surface area contributed by atoms with Crippen molar-refractivity contribution in [1.82, 2.24) is 0 Å². The Labute approximate surface area is 143 Å². The van der Waals surface area contributed by atoms with Gasteiger partial charge in [-0.1, -0.05) is 12.1 Å². The van der Waals surface area contributed by atoms with Gasteiger partial charge in [0.1, 0.15) is 5.75 Å². The zero-order valence-corrected chi connectivity index (χ0v) is 13.2. The average molecular weight is 346 g/mol. The molecule has 0 saturated carbocycles. The highest BCUT2D eigenvalue weighted by Crippen LogP contribution is 2.25. The minimum atomic E-state index is -2.95. The second-order valence-corrected chi connectivity index (χ2v) is 5.56. The quantitative estimate of drug-likeness (QED) is 0.899. The monoisotopic (exact) mass is 346 g/mol. The highest BCUT2D eigenvalue weighted by molar-refractivity contribution is 6.05. The Hall–Kier alpha value is -2.96. The summed E-state index contributed by atoms with van der Waals surface area (Å²) in [5, 5.41) is 2.70. The van der Waals surface area contributed by atoms with Gasteiger partial charge in [0.15, 0.2) is 0 Å². The van der Waals surface area contributed by atoms with Crippen LogP contribution in [0.25, 0.3) is 0 Å². The Morgan fingerprint density at radius 2 is 1.96 bits per heavy atom. The highest BCUT2D eigenvalue weighted by Gasteiger charge is 2.21. The lowest BCUT2D eigenvalue weighted by Gasteiger charge is -2.16. The summed E-state index contributed by atoms with van der Waals surface area (Å²) in [6.07, 6.45) is 1.33. The van der Waals surface area contributed by atoms with Gasteiger partial charge in [-0.25, -0.2) is 0 Å². The van der Waals surface area contributed by atoms with E-state index in [1.807, 2.05) is 0 Å². The van der Waals surface area contributed by atoms with Gasteiger partial charge in [-0.05, 0) is 42.8 Å². The second-order valence-electron chi connectivity index (χ2n) is 5.56. The molecule has 0 unspecified atom stereocenters. The molecule has 3 rings (SSSR count). The van der Waals surface area contributed by atoms with Crippen LogP contribution < -0.4 is 15.0 Å². The van der Waals surface area contributed by atoms with Crippen LogP contribution in [-0.4, -0.2) is 25.0 Å². The van der Waals surface area contributed by atoms with E-state index in [2.05, 4.69) is 10.1 Å². The molecule has 0 bridgehead atoms. The summed E-state index contributed by atoms with van der Waals surface area (Å²) in [5.41, 5.74) is 1.43. The number of benzene rings is 2. The largest absolute Gasteiger partial charge is 0.435 e. The molecule has 0 aliphatic carbocycles. The fraction of sp³-hybridized carbons (Fsp3) is 0.222. The molecule has 0 spiro atoms. The number of carbonyl (C=O) groups is 2. The lowest BCUT2D eigenvalue weighted by atomic mass is 10.2. The first kappa shape index (κ1) is 16.9. The number of carbonyl (C=O) groups excluding carboxylic acids is 2. The fourth-order valence-corrected chi connectivity index (χ4v) is 2.69. The molecule has 0 atom stereocenters. The van der Waals surface area contributed by atoms with Crippen LogP contribution in [0.15, 0.2) is 48.5 Å². The van der Waals surface area contributed by atoms with Gasteiger partial charge in [-0.3, -0.25) is 9.59 Å². The number of anilines is 2. The Balaban J connectivity index is 1.74. The number of nitrogens with one attached hydrogen (secondary N) is 1. The molecule has 2 amide bonds. The van der Waals surface area contributed by atoms with E-state index in [9.17, 15) is 18.4 Å². The molecule has 1 fully saturated rings. The predicted molar refractivity (Wildman–Crippen MR) is 89.1 cm³/mol. The Bertz CT molecular complexity index is 795. The molecular weight excluding hydrogens is 330 g/mol. The number of nitrogens with zero attached hydrogens (tertiary/aromatic N) is 1. The third-order valence-corrected chi connectivity index (χ3v) is 3.81. The topological polar surface area (TPSA) is 58.6 Å². The SMILES string of the molecule is O=C(Nc1cccc(N2CCCC2=O)c1)c1cccc(OC(F)F)c1. The zero-order chi connectivity index (χ0) is 17.8. The molecular formula is C18H16F2N2O3.